The molecule has 2 nitrogen and oxygen atoms in total. The maximum absolute atomic E-state index is 9.94. The molecule has 19 heavy (non-hydrogen) atoms. The van der Waals surface area contributed by atoms with Crippen molar-refractivity contribution in [1.29, 1.82) is 0 Å². The summed E-state index contributed by atoms with van der Waals surface area (Å²) < 4.78 is 0. The van der Waals surface area contributed by atoms with Gasteiger partial charge in [-0.05, 0) is 68.8 Å². The zero-order chi connectivity index (χ0) is 13.8. The Kier molecular flexibility index (Phi) is 5.23. The number of allylic oxidation sites excluding steroid dienone is 4. The van der Waals surface area contributed by atoms with Crippen LogP contribution in [0.4, 0.5) is 0 Å². The highest BCUT2D eigenvalue weighted by molar-refractivity contribution is 5.28. The first-order valence-electron chi connectivity index (χ1n) is 7.82. The SMILES string of the molecule is CC(O)CC(O)CCC1C(C)C=CC2=CCCCC21. The molecule has 5 unspecified atom stereocenters. The number of aliphatic hydroxyl groups is 2. The summed E-state index contributed by atoms with van der Waals surface area (Å²) in [6, 6.07) is 0. The van der Waals surface area contributed by atoms with Gasteiger partial charge in [0.1, 0.15) is 0 Å². The molecule has 0 saturated carbocycles. The lowest BCUT2D eigenvalue weighted by Gasteiger charge is -2.37. The van der Waals surface area contributed by atoms with Crippen LogP contribution in [0.2, 0.25) is 0 Å². The van der Waals surface area contributed by atoms with Gasteiger partial charge in [0.05, 0.1) is 12.2 Å². The maximum atomic E-state index is 9.94. The van der Waals surface area contributed by atoms with Crippen LogP contribution in [0.3, 0.4) is 0 Å². The average Bonchev–Trinajstić information content (AvgIpc) is 2.36. The second-order valence-corrected chi connectivity index (χ2v) is 6.44. The zero-order valence-electron chi connectivity index (χ0n) is 12.3. The molecule has 0 saturated heterocycles. The lowest BCUT2D eigenvalue weighted by atomic mass is 9.68. The molecule has 2 aliphatic rings. The number of fused-ring (bicyclic) bond motifs is 1. The first-order valence-corrected chi connectivity index (χ1v) is 7.82. The topological polar surface area (TPSA) is 40.5 Å². The van der Waals surface area contributed by atoms with Crippen LogP contribution in [0.25, 0.3) is 0 Å². The molecular weight excluding hydrogens is 236 g/mol. The van der Waals surface area contributed by atoms with Crippen LogP contribution in [0.15, 0.2) is 23.8 Å². The Labute approximate surface area is 117 Å². The first kappa shape index (κ1) is 14.8. The van der Waals surface area contributed by atoms with E-state index < -0.39 is 6.10 Å². The van der Waals surface area contributed by atoms with E-state index in [1.807, 2.05) is 0 Å². The summed E-state index contributed by atoms with van der Waals surface area (Å²) in [6.45, 7) is 4.05. The van der Waals surface area contributed by atoms with E-state index in [2.05, 4.69) is 25.2 Å². The Hall–Kier alpha value is -0.600. The van der Waals surface area contributed by atoms with Crippen LogP contribution in [-0.2, 0) is 0 Å². The molecule has 0 aromatic rings. The average molecular weight is 264 g/mol. The van der Waals surface area contributed by atoms with E-state index in [1.165, 1.54) is 24.8 Å². The molecule has 0 aromatic heterocycles. The van der Waals surface area contributed by atoms with E-state index >= 15 is 0 Å². The highest BCUT2D eigenvalue weighted by Crippen LogP contribution is 2.42. The molecule has 108 valence electrons. The summed E-state index contributed by atoms with van der Waals surface area (Å²) in [6.07, 6.45) is 12.5. The minimum atomic E-state index is -0.399. The van der Waals surface area contributed by atoms with Crippen molar-refractivity contribution in [3.05, 3.63) is 23.8 Å². The van der Waals surface area contributed by atoms with Gasteiger partial charge in [0.15, 0.2) is 0 Å². The molecule has 0 aromatic carbocycles. The third-order valence-corrected chi connectivity index (χ3v) is 4.76. The third kappa shape index (κ3) is 3.93. The molecule has 2 N–H and O–H groups in total. The summed E-state index contributed by atoms with van der Waals surface area (Å²) in [5.74, 6) is 1.98. The van der Waals surface area contributed by atoms with Gasteiger partial charge in [-0.2, -0.15) is 0 Å². The molecule has 2 rings (SSSR count). The van der Waals surface area contributed by atoms with Crippen LogP contribution in [-0.4, -0.2) is 22.4 Å². The van der Waals surface area contributed by atoms with E-state index in [9.17, 15) is 10.2 Å². The first-order chi connectivity index (χ1) is 9.08. The van der Waals surface area contributed by atoms with Crippen LogP contribution in [0.1, 0.15) is 52.4 Å². The Morgan fingerprint density at radius 2 is 2.16 bits per heavy atom. The second-order valence-electron chi connectivity index (χ2n) is 6.44. The van der Waals surface area contributed by atoms with E-state index in [-0.39, 0.29) is 6.10 Å². The summed E-state index contributed by atoms with van der Waals surface area (Å²) in [5.41, 5.74) is 1.53. The van der Waals surface area contributed by atoms with Crippen molar-refractivity contribution >= 4 is 0 Å². The van der Waals surface area contributed by atoms with Gasteiger partial charge in [0.2, 0.25) is 0 Å². The standard InChI is InChI=1S/C17H28O2/c1-12-7-8-14-5-3-4-6-17(14)16(12)10-9-15(19)11-13(2)18/h5,7-8,12-13,15-19H,3-4,6,9-11H2,1-2H3. The molecule has 2 heteroatoms. The van der Waals surface area contributed by atoms with Crippen molar-refractivity contribution in [2.45, 2.75) is 64.6 Å². The van der Waals surface area contributed by atoms with Crippen LogP contribution < -0.4 is 0 Å². The molecule has 5 atom stereocenters. The Morgan fingerprint density at radius 3 is 2.89 bits per heavy atom. The molecule has 0 bridgehead atoms. The van der Waals surface area contributed by atoms with E-state index in [4.69, 9.17) is 0 Å². The largest absolute Gasteiger partial charge is 0.393 e. The quantitative estimate of drug-likeness (QED) is 0.798. The van der Waals surface area contributed by atoms with Gasteiger partial charge in [-0.1, -0.05) is 25.2 Å². The van der Waals surface area contributed by atoms with Gasteiger partial charge in [-0.25, -0.2) is 0 Å². The van der Waals surface area contributed by atoms with Crippen molar-refractivity contribution in [1.82, 2.24) is 0 Å². The number of hydrogen-bond acceptors (Lipinski definition) is 2. The normalized spacial score (nSPS) is 33.5. The molecule has 0 fully saturated rings. The molecular formula is C17H28O2. The van der Waals surface area contributed by atoms with Gasteiger partial charge in [-0.3, -0.25) is 0 Å². The highest BCUT2D eigenvalue weighted by Gasteiger charge is 2.31. The third-order valence-electron chi connectivity index (χ3n) is 4.76. The van der Waals surface area contributed by atoms with Gasteiger partial charge in [0.25, 0.3) is 0 Å². The van der Waals surface area contributed by atoms with E-state index in [1.54, 1.807) is 6.92 Å². The Bertz CT molecular complexity index is 343. The van der Waals surface area contributed by atoms with Crippen molar-refractivity contribution < 1.29 is 10.2 Å². The minimum Gasteiger partial charge on any atom is -0.393 e. The fourth-order valence-electron chi connectivity index (χ4n) is 3.71. The van der Waals surface area contributed by atoms with Gasteiger partial charge in [-0.15, -0.1) is 0 Å². The molecule has 0 radical (unpaired) electrons. The monoisotopic (exact) mass is 264 g/mol. The Morgan fingerprint density at radius 1 is 1.37 bits per heavy atom. The van der Waals surface area contributed by atoms with Crippen molar-refractivity contribution in [3.8, 4) is 0 Å². The molecule has 0 aliphatic heterocycles. The Balaban J connectivity index is 1.93. The zero-order valence-corrected chi connectivity index (χ0v) is 12.3. The number of hydrogen-bond donors (Lipinski definition) is 2. The second kappa shape index (κ2) is 6.71. The van der Waals surface area contributed by atoms with E-state index in [0.29, 0.717) is 24.2 Å². The molecule has 0 spiro atoms. The predicted octanol–water partition coefficient (Wildman–Crippen LogP) is 3.45. The van der Waals surface area contributed by atoms with Crippen molar-refractivity contribution in [3.63, 3.8) is 0 Å². The summed E-state index contributed by atoms with van der Waals surface area (Å²) in [7, 11) is 0. The van der Waals surface area contributed by atoms with Gasteiger partial charge >= 0.3 is 0 Å². The lowest BCUT2D eigenvalue weighted by molar-refractivity contribution is 0.0758. The van der Waals surface area contributed by atoms with Gasteiger partial charge in [0, 0.05) is 0 Å². The van der Waals surface area contributed by atoms with E-state index in [0.717, 1.165) is 12.8 Å². The van der Waals surface area contributed by atoms with Crippen molar-refractivity contribution in [2.24, 2.45) is 17.8 Å². The molecule has 2 aliphatic carbocycles. The summed E-state index contributed by atoms with van der Waals surface area (Å²) in [4.78, 5) is 0. The van der Waals surface area contributed by atoms with Crippen LogP contribution in [0, 0.1) is 17.8 Å². The van der Waals surface area contributed by atoms with Crippen molar-refractivity contribution in [2.75, 3.05) is 0 Å². The van der Waals surface area contributed by atoms with Crippen LogP contribution in [0.5, 0.6) is 0 Å². The predicted molar refractivity (Wildman–Crippen MR) is 78.8 cm³/mol. The fraction of sp³-hybridized carbons (Fsp3) is 0.765. The molecule has 0 amide bonds. The number of aliphatic hydroxyl groups excluding tert-OH is 2. The summed E-state index contributed by atoms with van der Waals surface area (Å²) in [5, 5.41) is 19.3. The fourth-order valence-corrected chi connectivity index (χ4v) is 3.71. The minimum absolute atomic E-state index is 0.353. The maximum Gasteiger partial charge on any atom is 0.0564 e. The van der Waals surface area contributed by atoms with Crippen LogP contribution >= 0.6 is 0 Å². The smallest absolute Gasteiger partial charge is 0.0564 e. The summed E-state index contributed by atoms with van der Waals surface area (Å²) >= 11 is 0. The lowest BCUT2D eigenvalue weighted by Crippen LogP contribution is -2.28. The van der Waals surface area contributed by atoms with Gasteiger partial charge < -0.3 is 10.2 Å². The molecule has 0 heterocycles. The highest BCUT2D eigenvalue weighted by atomic mass is 16.3. The number of rotatable bonds is 5.